The van der Waals surface area contributed by atoms with Crippen LogP contribution in [-0.2, 0) is 0 Å². The van der Waals surface area contributed by atoms with Crippen molar-refractivity contribution in [1.82, 2.24) is 9.74 Å². The van der Waals surface area contributed by atoms with E-state index in [0.29, 0.717) is 5.92 Å². The van der Waals surface area contributed by atoms with Gasteiger partial charge in [0.25, 0.3) is 5.91 Å². The Kier molecular flexibility index (Phi) is 1.97. The number of hydrogen-bond acceptors (Lipinski definition) is 2. The molecule has 1 amide bonds. The maximum absolute atomic E-state index is 11.8. The van der Waals surface area contributed by atoms with Crippen LogP contribution in [0.3, 0.4) is 0 Å². The lowest BCUT2D eigenvalue weighted by Crippen LogP contribution is -2.44. The smallest absolute Gasteiger partial charge is 0.251 e. The van der Waals surface area contributed by atoms with Crippen LogP contribution in [0.4, 0.5) is 0 Å². The zero-order valence-corrected chi connectivity index (χ0v) is 8.87. The van der Waals surface area contributed by atoms with Gasteiger partial charge in [0, 0.05) is 24.6 Å². The molecule has 3 nitrogen and oxygen atoms in total. The van der Waals surface area contributed by atoms with Crippen LogP contribution in [0.1, 0.15) is 21.8 Å². The maximum atomic E-state index is 11.8. The lowest BCUT2D eigenvalue weighted by atomic mass is 9.86. The molecule has 2 atom stereocenters. The van der Waals surface area contributed by atoms with Crippen LogP contribution in [0.2, 0.25) is 0 Å². The number of halogens is 1. The van der Waals surface area contributed by atoms with Crippen LogP contribution in [-0.4, -0.2) is 29.5 Å². The van der Waals surface area contributed by atoms with Crippen molar-refractivity contribution in [3.8, 4) is 0 Å². The minimum atomic E-state index is 0.0267. The van der Waals surface area contributed by atoms with Crippen LogP contribution in [0.25, 0.3) is 0 Å². The molecule has 1 saturated heterocycles. The Labute approximate surface area is 93.1 Å². The highest BCUT2D eigenvalue weighted by Gasteiger charge is 2.39. The third-order valence-electron chi connectivity index (χ3n) is 3.20. The molecule has 2 heterocycles. The van der Waals surface area contributed by atoms with Gasteiger partial charge in [-0.25, -0.2) is 4.42 Å². The fraction of sp³-hybridized carbons (Fsp3) is 0.364. The zero-order chi connectivity index (χ0) is 10.4. The van der Waals surface area contributed by atoms with Gasteiger partial charge in [-0.1, -0.05) is 18.2 Å². The first-order chi connectivity index (χ1) is 7.25. The Bertz CT molecular complexity index is 421. The topological polar surface area (TPSA) is 32.3 Å². The van der Waals surface area contributed by atoms with Gasteiger partial charge in [-0.2, -0.15) is 0 Å². The summed E-state index contributed by atoms with van der Waals surface area (Å²) in [7, 11) is 0. The van der Waals surface area contributed by atoms with Gasteiger partial charge in [-0.15, -0.1) is 0 Å². The maximum Gasteiger partial charge on any atom is 0.251 e. The lowest BCUT2D eigenvalue weighted by molar-refractivity contribution is 0.0923. The van der Waals surface area contributed by atoms with Crippen LogP contribution >= 0.6 is 11.8 Å². The number of rotatable bonds is 0. The fourth-order valence-corrected chi connectivity index (χ4v) is 2.79. The molecule has 0 unspecified atom stereocenters. The Morgan fingerprint density at radius 3 is 3.00 bits per heavy atom. The molecule has 15 heavy (non-hydrogen) atoms. The van der Waals surface area contributed by atoms with Crippen LogP contribution in [0, 0.1) is 0 Å². The highest BCUT2D eigenvalue weighted by molar-refractivity contribution is 6.13. The van der Waals surface area contributed by atoms with Gasteiger partial charge in [0.15, 0.2) is 0 Å². The van der Waals surface area contributed by atoms with E-state index in [9.17, 15) is 4.79 Å². The standard InChI is InChI=1S/C11H11ClN2O/c12-14-5-9-7-3-1-2-4-8(7)11(15)13-10(9)6-14/h1-4,9-10H,5-6H2,(H,13,15)/t9-,10+/m1/s1. The Morgan fingerprint density at radius 2 is 2.13 bits per heavy atom. The van der Waals surface area contributed by atoms with Crippen molar-refractivity contribution in [3.05, 3.63) is 35.4 Å². The molecular weight excluding hydrogens is 212 g/mol. The highest BCUT2D eigenvalue weighted by Crippen LogP contribution is 2.33. The summed E-state index contributed by atoms with van der Waals surface area (Å²) in [4.78, 5) is 11.8. The van der Waals surface area contributed by atoms with E-state index in [1.165, 1.54) is 0 Å². The van der Waals surface area contributed by atoms with Gasteiger partial charge >= 0.3 is 0 Å². The number of amides is 1. The first-order valence-corrected chi connectivity index (χ1v) is 5.40. The SMILES string of the molecule is O=C1N[C@H]2CN(Cl)C[C@@H]2c2ccccc21. The number of benzene rings is 1. The Balaban J connectivity index is 2.09. The minimum Gasteiger partial charge on any atom is -0.347 e. The number of carbonyl (C=O) groups excluding carboxylic acids is 1. The second kappa shape index (κ2) is 3.22. The van der Waals surface area contributed by atoms with Gasteiger partial charge < -0.3 is 5.32 Å². The molecule has 0 bridgehead atoms. The summed E-state index contributed by atoms with van der Waals surface area (Å²) in [6.07, 6.45) is 0. The number of hydrogen-bond donors (Lipinski definition) is 1. The third kappa shape index (κ3) is 1.34. The summed E-state index contributed by atoms with van der Waals surface area (Å²) in [5.74, 6) is 0.371. The number of fused-ring (bicyclic) bond motifs is 3. The van der Waals surface area contributed by atoms with E-state index >= 15 is 0 Å². The lowest BCUT2D eigenvalue weighted by Gasteiger charge is -2.27. The number of carbonyl (C=O) groups is 1. The molecule has 2 aliphatic rings. The Hall–Kier alpha value is -1.06. The van der Waals surface area contributed by atoms with Crippen LogP contribution in [0.5, 0.6) is 0 Å². The van der Waals surface area contributed by atoms with Crippen molar-refractivity contribution in [2.75, 3.05) is 13.1 Å². The van der Waals surface area contributed by atoms with Crippen molar-refractivity contribution in [1.29, 1.82) is 0 Å². The number of nitrogens with one attached hydrogen (secondary N) is 1. The van der Waals surface area contributed by atoms with Crippen molar-refractivity contribution in [3.63, 3.8) is 0 Å². The molecule has 4 heteroatoms. The summed E-state index contributed by atoms with van der Waals surface area (Å²) in [6, 6.07) is 7.95. The van der Waals surface area contributed by atoms with Crippen molar-refractivity contribution in [2.45, 2.75) is 12.0 Å². The van der Waals surface area contributed by atoms with Gasteiger partial charge in [0.1, 0.15) is 0 Å². The molecule has 1 fully saturated rings. The molecule has 0 aliphatic carbocycles. The van der Waals surface area contributed by atoms with Crippen LogP contribution < -0.4 is 5.32 Å². The molecule has 3 rings (SSSR count). The summed E-state index contributed by atoms with van der Waals surface area (Å²) >= 11 is 5.98. The predicted molar refractivity (Wildman–Crippen MR) is 57.9 cm³/mol. The summed E-state index contributed by atoms with van der Waals surface area (Å²) in [5.41, 5.74) is 1.93. The number of nitrogens with zero attached hydrogens (tertiary/aromatic N) is 1. The molecule has 1 aromatic carbocycles. The third-order valence-corrected chi connectivity index (χ3v) is 3.47. The molecule has 0 saturated carbocycles. The second-order valence-electron chi connectivity index (χ2n) is 4.10. The zero-order valence-electron chi connectivity index (χ0n) is 8.11. The first kappa shape index (κ1) is 9.19. The van der Waals surface area contributed by atoms with E-state index in [-0.39, 0.29) is 11.9 Å². The predicted octanol–water partition coefficient (Wildman–Crippen LogP) is 1.35. The largest absolute Gasteiger partial charge is 0.347 e. The molecule has 0 aromatic heterocycles. The van der Waals surface area contributed by atoms with E-state index in [0.717, 1.165) is 24.2 Å². The summed E-state index contributed by atoms with van der Waals surface area (Å²) in [6.45, 7) is 1.54. The van der Waals surface area contributed by atoms with Crippen molar-refractivity contribution < 1.29 is 4.79 Å². The average molecular weight is 223 g/mol. The van der Waals surface area contributed by atoms with Crippen molar-refractivity contribution >= 4 is 17.7 Å². The Morgan fingerprint density at radius 1 is 1.33 bits per heavy atom. The highest BCUT2D eigenvalue weighted by atomic mass is 35.5. The van der Waals surface area contributed by atoms with Gasteiger partial charge in [-0.3, -0.25) is 4.79 Å². The summed E-state index contributed by atoms with van der Waals surface area (Å²) < 4.78 is 1.75. The van der Waals surface area contributed by atoms with Gasteiger partial charge in [-0.05, 0) is 23.4 Å². The molecule has 1 aromatic rings. The molecule has 2 aliphatic heterocycles. The minimum absolute atomic E-state index is 0.0267. The van der Waals surface area contributed by atoms with Crippen molar-refractivity contribution in [2.24, 2.45) is 0 Å². The van der Waals surface area contributed by atoms with E-state index in [2.05, 4.69) is 5.32 Å². The van der Waals surface area contributed by atoms with Gasteiger partial charge in [0.05, 0.1) is 6.04 Å². The van der Waals surface area contributed by atoms with E-state index in [1.54, 1.807) is 4.42 Å². The average Bonchev–Trinajstić information content (AvgIpc) is 2.59. The summed E-state index contributed by atoms with van der Waals surface area (Å²) in [5, 5.41) is 3.00. The monoisotopic (exact) mass is 222 g/mol. The quantitative estimate of drug-likeness (QED) is 0.673. The second-order valence-corrected chi connectivity index (χ2v) is 4.58. The molecule has 0 spiro atoms. The molecule has 0 radical (unpaired) electrons. The van der Waals surface area contributed by atoms with E-state index < -0.39 is 0 Å². The first-order valence-electron chi connectivity index (χ1n) is 5.06. The normalized spacial score (nSPS) is 29.5. The van der Waals surface area contributed by atoms with Gasteiger partial charge in [0.2, 0.25) is 0 Å². The van der Waals surface area contributed by atoms with Crippen LogP contribution in [0.15, 0.2) is 24.3 Å². The van der Waals surface area contributed by atoms with E-state index in [1.807, 2.05) is 24.3 Å². The molecule has 1 N–H and O–H groups in total. The fourth-order valence-electron chi connectivity index (χ4n) is 2.49. The van der Waals surface area contributed by atoms with E-state index in [4.69, 9.17) is 11.8 Å². The molecule has 78 valence electrons. The molecular formula is C11H11ClN2O.